The maximum atomic E-state index is 8.88. The van der Waals surface area contributed by atoms with E-state index < -0.39 is 7.82 Å². The summed E-state index contributed by atoms with van der Waals surface area (Å²) in [4.78, 5) is 21.6. The van der Waals surface area contributed by atoms with E-state index in [4.69, 9.17) is 19.2 Å². The maximum absolute atomic E-state index is 8.88. The molecule has 0 saturated carbocycles. The van der Waals surface area contributed by atoms with Crippen LogP contribution in [0.25, 0.3) is 0 Å². The fourth-order valence-corrected chi connectivity index (χ4v) is 0. The molecule has 0 amide bonds. The van der Waals surface area contributed by atoms with Crippen molar-refractivity contribution >= 4 is 69.3 Å². The molecule has 0 spiro atoms. The van der Waals surface area contributed by atoms with Crippen molar-refractivity contribution in [1.82, 2.24) is 0 Å². The molecule has 0 unspecified atom stereocenters. The molecule has 0 radical (unpaired) electrons. The first-order chi connectivity index (χ1) is 3.00. The van der Waals surface area contributed by atoms with Gasteiger partial charge in [-0.3, -0.25) is 0 Å². The summed E-state index contributed by atoms with van der Waals surface area (Å²) in [5.41, 5.74) is 0. The second kappa shape index (κ2) is 9.56. The van der Waals surface area contributed by atoms with Crippen molar-refractivity contribution in [3.05, 3.63) is 0 Å². The molecule has 0 aromatic carbocycles. The van der Waals surface area contributed by atoms with Crippen LogP contribution in [0.4, 0.5) is 0 Å². The van der Waals surface area contributed by atoms with Gasteiger partial charge < -0.3 is 14.7 Å². The monoisotopic (exact) mass is 228 g/mol. The zero-order valence-corrected chi connectivity index (χ0v) is 5.78. The zero-order chi connectivity index (χ0) is 6.50. The predicted molar refractivity (Wildman–Crippen MR) is 27.3 cm³/mol. The second-order valence-electron chi connectivity index (χ2n) is 0.513. The van der Waals surface area contributed by atoms with Gasteiger partial charge in [-0.1, -0.05) is 0 Å². The van der Waals surface area contributed by atoms with Gasteiger partial charge in [-0.05, 0) is 0 Å². The summed E-state index contributed by atoms with van der Waals surface area (Å²) in [6, 6.07) is 0. The molecule has 0 aliphatic rings. The van der Waals surface area contributed by atoms with Crippen LogP contribution >= 0.6 is 17.9 Å². The molecule has 3 N–H and O–H groups in total. The molecule has 0 aromatic heterocycles. The van der Waals surface area contributed by atoms with Crippen molar-refractivity contribution < 1.29 is 34.3 Å². The van der Waals surface area contributed by atoms with Crippen LogP contribution in [0, 0.1) is 0 Å². The van der Waals surface area contributed by atoms with Gasteiger partial charge in [-0.2, -0.15) is 0 Å². The van der Waals surface area contributed by atoms with Gasteiger partial charge in [0.1, 0.15) is 0 Å². The third kappa shape index (κ3) is 74.8. The van der Waals surface area contributed by atoms with E-state index in [9.17, 15) is 0 Å². The van der Waals surface area contributed by atoms with Crippen LogP contribution < -0.4 is 0 Å². The molecule has 0 saturated heterocycles. The van der Waals surface area contributed by atoms with E-state index in [-0.39, 0.29) is 51.4 Å². The number of halogens is 1. The summed E-state index contributed by atoms with van der Waals surface area (Å²) in [5, 5.41) is 0. The van der Waals surface area contributed by atoms with Gasteiger partial charge in [0.15, 0.2) is 0 Å². The standard InChI is InChI=1S/ClH.K.Mn.H3O4P.H/c;;;1-5(2,3)4;/h1H;;;(H3,1,2,3,4);/q;;+1;;/p-1. The summed E-state index contributed by atoms with van der Waals surface area (Å²) >= 11 is 2.41. The Balaban J connectivity index is -0.0000000750. The number of rotatable bonds is 0. The SMILES string of the molecule is O=P(O)(O)O.[Cl][Mn].[KH]. The Morgan fingerprint density at radius 1 is 1.25 bits per heavy atom. The third-order valence-corrected chi connectivity index (χ3v) is 0. The van der Waals surface area contributed by atoms with Gasteiger partial charge in [0, 0.05) is 0 Å². The van der Waals surface area contributed by atoms with Crippen LogP contribution in [-0.4, -0.2) is 66.1 Å². The molecular weight excluding hydrogens is 224 g/mol. The van der Waals surface area contributed by atoms with E-state index in [1.807, 2.05) is 0 Å². The van der Waals surface area contributed by atoms with Crippen LogP contribution in [-0.2, 0) is 19.7 Å². The van der Waals surface area contributed by atoms with Gasteiger partial charge >= 0.3 is 84.4 Å². The van der Waals surface area contributed by atoms with E-state index in [0.29, 0.717) is 0 Å². The molecule has 0 bridgehead atoms. The Morgan fingerprint density at radius 2 is 1.25 bits per heavy atom. The predicted octanol–water partition coefficient (Wildman–Crippen LogP) is -0.890. The molecule has 0 aliphatic carbocycles. The number of hydrogen-bond acceptors (Lipinski definition) is 1. The topological polar surface area (TPSA) is 77.8 Å². The zero-order valence-electron chi connectivity index (χ0n) is 2.95. The summed E-state index contributed by atoms with van der Waals surface area (Å²) in [6.07, 6.45) is 0. The summed E-state index contributed by atoms with van der Waals surface area (Å²) in [5.74, 6) is 0. The minimum atomic E-state index is -4.64. The Labute approximate surface area is 102 Å². The van der Waals surface area contributed by atoms with Gasteiger partial charge in [0.25, 0.3) is 0 Å². The molecule has 0 aliphatic heterocycles. The Morgan fingerprint density at radius 3 is 1.25 bits per heavy atom. The van der Waals surface area contributed by atoms with Crippen LogP contribution in [0.2, 0.25) is 0 Å². The fraction of sp³-hybridized carbons (Fsp3) is 0. The van der Waals surface area contributed by atoms with Crippen molar-refractivity contribution in [2.75, 3.05) is 0 Å². The number of hydrogen-bond donors (Lipinski definition) is 3. The molecule has 0 aromatic rings. The summed E-state index contributed by atoms with van der Waals surface area (Å²) in [6.45, 7) is 0. The Hall–Kier alpha value is 2.56. The first-order valence-corrected chi connectivity index (χ1v) is 4.11. The van der Waals surface area contributed by atoms with Crippen LogP contribution in [0.15, 0.2) is 0 Å². The van der Waals surface area contributed by atoms with Crippen LogP contribution in [0.5, 0.6) is 0 Å². The van der Waals surface area contributed by atoms with E-state index in [0.717, 1.165) is 0 Å². The van der Waals surface area contributed by atoms with Gasteiger partial charge in [0.2, 0.25) is 0 Å². The summed E-state index contributed by atoms with van der Waals surface area (Å²) in [7, 11) is -0.188. The number of phosphoric acid groups is 1. The Bertz CT molecular complexity index is 62.2. The van der Waals surface area contributed by atoms with Crippen molar-refractivity contribution in [3.63, 3.8) is 0 Å². The molecule has 8 heteroatoms. The normalized spacial score (nSPS) is 8.12. The molecule has 48 valence electrons. The average Bonchev–Trinajstić information content (AvgIpc) is 1.36. The van der Waals surface area contributed by atoms with Crippen LogP contribution in [0.1, 0.15) is 0 Å². The summed E-state index contributed by atoms with van der Waals surface area (Å²) < 4.78 is 8.88. The van der Waals surface area contributed by atoms with E-state index in [2.05, 4.69) is 25.2 Å². The van der Waals surface area contributed by atoms with Gasteiger partial charge in [-0.15, -0.1) is 0 Å². The second-order valence-corrected chi connectivity index (χ2v) is 1.54. The first-order valence-electron chi connectivity index (χ1n) is 0.925. The molecule has 4 nitrogen and oxygen atoms in total. The third-order valence-electron chi connectivity index (χ3n) is 0. The van der Waals surface area contributed by atoms with Gasteiger partial charge in [0.05, 0.1) is 0 Å². The molecule has 8 heavy (non-hydrogen) atoms. The van der Waals surface area contributed by atoms with Crippen molar-refractivity contribution in [1.29, 1.82) is 0 Å². The van der Waals surface area contributed by atoms with E-state index >= 15 is 0 Å². The fourth-order valence-electron chi connectivity index (χ4n) is 0. The average molecular weight is 228 g/mol. The molecule has 0 atom stereocenters. The Kier molecular flexibility index (Phi) is 20.2. The molecule has 0 rings (SSSR count). The first kappa shape index (κ1) is 16.9. The van der Waals surface area contributed by atoms with Crippen molar-refractivity contribution in [2.24, 2.45) is 0 Å². The molecular formula is H4ClKMnO4P. The van der Waals surface area contributed by atoms with Gasteiger partial charge in [-0.25, -0.2) is 4.57 Å². The van der Waals surface area contributed by atoms with Crippen molar-refractivity contribution in [2.45, 2.75) is 0 Å². The van der Waals surface area contributed by atoms with Crippen molar-refractivity contribution in [3.8, 4) is 0 Å². The molecule has 0 fully saturated rings. The molecule has 0 heterocycles. The quantitative estimate of drug-likeness (QED) is 0.371. The van der Waals surface area contributed by atoms with E-state index in [1.165, 1.54) is 0 Å². The minimum absolute atomic E-state index is 0. The van der Waals surface area contributed by atoms with Crippen LogP contribution in [0.3, 0.4) is 0 Å². The van der Waals surface area contributed by atoms with E-state index in [1.54, 1.807) is 0 Å².